The number of terminal acetylenes is 1. The Morgan fingerprint density at radius 2 is 1.69 bits per heavy atom. The summed E-state index contributed by atoms with van der Waals surface area (Å²) < 4.78 is 5.34. The summed E-state index contributed by atoms with van der Waals surface area (Å²) >= 11 is 4.31. The number of amides is 3. The zero-order chi connectivity index (χ0) is 28.6. The van der Waals surface area contributed by atoms with Crippen LogP contribution in [0.5, 0.6) is 0 Å². The van der Waals surface area contributed by atoms with E-state index in [0.717, 1.165) is 10.8 Å². The highest BCUT2D eigenvalue weighted by molar-refractivity contribution is 7.80. The standard InChI is InChI=1S/C31H35N3O4S/c1-6-18-34(29(36)26(20-39)33-30(37)38-31(3,4)5)27(25-15-11-10-12-21(25)7-2)28(35)32-24-17-16-22-13-8-9-14-23(22)19-24/h2,8-17,19,26-27,39H,6,18,20H2,1,3-5H3,(H,32,35)(H,33,37). The summed E-state index contributed by atoms with van der Waals surface area (Å²) in [5.41, 5.74) is 0.844. The van der Waals surface area contributed by atoms with Crippen LogP contribution in [0.1, 0.15) is 51.3 Å². The molecule has 2 N–H and O–H groups in total. The Morgan fingerprint density at radius 3 is 2.33 bits per heavy atom. The molecule has 0 saturated heterocycles. The van der Waals surface area contributed by atoms with Gasteiger partial charge in [0.1, 0.15) is 17.7 Å². The number of carbonyl (C=O) groups is 3. The maximum absolute atomic E-state index is 14.0. The average Bonchev–Trinajstić information content (AvgIpc) is 2.90. The van der Waals surface area contributed by atoms with Crippen LogP contribution in [0, 0.1) is 12.3 Å². The van der Waals surface area contributed by atoms with Crippen LogP contribution in [0.4, 0.5) is 10.5 Å². The van der Waals surface area contributed by atoms with E-state index in [9.17, 15) is 14.4 Å². The van der Waals surface area contributed by atoms with Gasteiger partial charge in [0.15, 0.2) is 0 Å². The average molecular weight is 546 g/mol. The Morgan fingerprint density at radius 1 is 1.03 bits per heavy atom. The predicted octanol–water partition coefficient (Wildman–Crippen LogP) is 5.56. The van der Waals surface area contributed by atoms with E-state index in [1.807, 2.05) is 49.4 Å². The molecule has 2 atom stereocenters. The smallest absolute Gasteiger partial charge is 0.408 e. The van der Waals surface area contributed by atoms with E-state index in [-0.39, 0.29) is 12.3 Å². The summed E-state index contributed by atoms with van der Waals surface area (Å²) in [6.07, 6.45) is 5.62. The first-order valence-electron chi connectivity index (χ1n) is 12.8. The van der Waals surface area contributed by atoms with Crippen molar-refractivity contribution >= 4 is 47.0 Å². The summed E-state index contributed by atoms with van der Waals surface area (Å²) in [7, 11) is 0. The van der Waals surface area contributed by atoms with Crippen molar-refractivity contribution in [3.8, 4) is 12.3 Å². The van der Waals surface area contributed by atoms with Gasteiger partial charge in [-0.2, -0.15) is 12.6 Å². The molecule has 3 aromatic carbocycles. The SMILES string of the molecule is C#Cc1ccccc1C(C(=O)Nc1ccc2ccccc2c1)N(CCC)C(=O)C(CS)NC(=O)OC(C)(C)C. The van der Waals surface area contributed by atoms with Gasteiger partial charge in [-0.3, -0.25) is 9.59 Å². The van der Waals surface area contributed by atoms with Gasteiger partial charge < -0.3 is 20.3 Å². The minimum Gasteiger partial charge on any atom is -0.444 e. The van der Waals surface area contributed by atoms with Gasteiger partial charge in [-0.1, -0.05) is 61.4 Å². The highest BCUT2D eigenvalue weighted by Gasteiger charge is 2.36. The zero-order valence-corrected chi connectivity index (χ0v) is 23.6. The van der Waals surface area contributed by atoms with Crippen molar-refractivity contribution in [1.82, 2.24) is 10.2 Å². The van der Waals surface area contributed by atoms with Crippen LogP contribution in [0.2, 0.25) is 0 Å². The molecule has 0 heterocycles. The van der Waals surface area contributed by atoms with Crippen LogP contribution in [0.3, 0.4) is 0 Å². The van der Waals surface area contributed by atoms with E-state index < -0.39 is 35.6 Å². The Hall–Kier alpha value is -3.96. The van der Waals surface area contributed by atoms with Crippen LogP contribution >= 0.6 is 12.6 Å². The van der Waals surface area contributed by atoms with Crippen molar-refractivity contribution in [2.75, 3.05) is 17.6 Å². The molecular formula is C31H35N3O4S. The summed E-state index contributed by atoms with van der Waals surface area (Å²) in [6, 6.07) is 18.4. The second-order valence-corrected chi connectivity index (χ2v) is 10.5. The number of hydrogen-bond donors (Lipinski definition) is 3. The molecular weight excluding hydrogens is 510 g/mol. The number of ether oxygens (including phenoxy) is 1. The normalized spacial score (nSPS) is 12.6. The molecule has 0 spiro atoms. The molecule has 7 nitrogen and oxygen atoms in total. The number of thiol groups is 1. The van der Waals surface area contributed by atoms with Crippen molar-refractivity contribution in [1.29, 1.82) is 0 Å². The third kappa shape index (κ3) is 7.78. The second-order valence-electron chi connectivity index (χ2n) is 10.1. The number of carbonyl (C=O) groups excluding carboxylic acids is 3. The van der Waals surface area contributed by atoms with Gasteiger partial charge in [0.25, 0.3) is 5.91 Å². The highest BCUT2D eigenvalue weighted by atomic mass is 32.1. The number of hydrogen-bond acceptors (Lipinski definition) is 5. The first-order valence-corrected chi connectivity index (χ1v) is 13.5. The van der Waals surface area contributed by atoms with Crippen LogP contribution in [0.25, 0.3) is 10.8 Å². The topological polar surface area (TPSA) is 87.7 Å². The molecule has 0 saturated carbocycles. The van der Waals surface area contributed by atoms with Crippen molar-refractivity contribution in [2.45, 2.75) is 51.8 Å². The summed E-state index contributed by atoms with van der Waals surface area (Å²) in [6.45, 7) is 7.35. The molecule has 3 amide bonds. The molecule has 3 aromatic rings. The van der Waals surface area contributed by atoms with Gasteiger partial charge in [-0.15, -0.1) is 6.42 Å². The maximum Gasteiger partial charge on any atom is 0.408 e. The van der Waals surface area contributed by atoms with E-state index in [2.05, 4.69) is 29.2 Å². The van der Waals surface area contributed by atoms with E-state index in [1.165, 1.54) is 4.90 Å². The fourth-order valence-corrected chi connectivity index (χ4v) is 4.49. The number of nitrogens with zero attached hydrogens (tertiary/aromatic N) is 1. The Labute approximate surface area is 235 Å². The third-order valence-electron chi connectivity index (χ3n) is 5.91. The monoisotopic (exact) mass is 545 g/mol. The number of anilines is 1. The molecule has 3 rings (SSSR count). The molecule has 0 radical (unpaired) electrons. The van der Waals surface area contributed by atoms with Gasteiger partial charge in [0, 0.05) is 23.5 Å². The van der Waals surface area contributed by atoms with Gasteiger partial charge >= 0.3 is 6.09 Å². The molecule has 0 aromatic heterocycles. The van der Waals surface area contributed by atoms with Crippen molar-refractivity contribution in [3.63, 3.8) is 0 Å². The molecule has 8 heteroatoms. The lowest BCUT2D eigenvalue weighted by Crippen LogP contribution is -2.53. The van der Waals surface area contributed by atoms with Gasteiger partial charge in [-0.25, -0.2) is 4.79 Å². The number of benzene rings is 3. The van der Waals surface area contributed by atoms with Crippen molar-refractivity contribution in [3.05, 3.63) is 77.9 Å². The Kier molecular flexibility index (Phi) is 10.0. The predicted molar refractivity (Wildman–Crippen MR) is 159 cm³/mol. The van der Waals surface area contributed by atoms with Crippen LogP contribution in [-0.4, -0.2) is 46.7 Å². The lowest BCUT2D eigenvalue weighted by Gasteiger charge is -2.34. The quantitative estimate of drug-likeness (QED) is 0.243. The molecule has 2 unspecified atom stereocenters. The molecule has 0 aliphatic carbocycles. The third-order valence-corrected chi connectivity index (χ3v) is 6.27. The van der Waals surface area contributed by atoms with Crippen molar-refractivity contribution in [2.24, 2.45) is 0 Å². The lowest BCUT2D eigenvalue weighted by molar-refractivity contribution is -0.140. The number of rotatable bonds is 9. The Bertz CT molecular complexity index is 1380. The van der Waals surface area contributed by atoms with Gasteiger partial charge in [-0.05, 0) is 61.7 Å². The minimum absolute atomic E-state index is 0.00803. The number of alkyl carbamates (subject to hydrolysis) is 1. The van der Waals surface area contributed by atoms with Gasteiger partial charge in [0.05, 0.1) is 0 Å². The molecule has 0 aliphatic heterocycles. The lowest BCUT2D eigenvalue weighted by atomic mass is 9.97. The molecule has 0 bridgehead atoms. The summed E-state index contributed by atoms with van der Waals surface area (Å²) in [5.74, 6) is 1.75. The summed E-state index contributed by atoms with van der Waals surface area (Å²) in [5, 5.41) is 7.58. The van der Waals surface area contributed by atoms with Crippen LogP contribution in [-0.2, 0) is 14.3 Å². The highest BCUT2D eigenvalue weighted by Crippen LogP contribution is 2.28. The van der Waals surface area contributed by atoms with Crippen molar-refractivity contribution < 1.29 is 19.1 Å². The molecule has 204 valence electrons. The number of nitrogens with one attached hydrogen (secondary N) is 2. The van der Waals surface area contributed by atoms with E-state index >= 15 is 0 Å². The minimum atomic E-state index is -1.06. The van der Waals surface area contributed by atoms with Crippen LogP contribution < -0.4 is 10.6 Å². The molecule has 0 fully saturated rings. The first-order chi connectivity index (χ1) is 18.6. The number of fused-ring (bicyclic) bond motifs is 1. The summed E-state index contributed by atoms with van der Waals surface area (Å²) in [4.78, 5) is 41.8. The molecule has 39 heavy (non-hydrogen) atoms. The van der Waals surface area contributed by atoms with E-state index in [1.54, 1.807) is 45.0 Å². The fourth-order valence-electron chi connectivity index (χ4n) is 4.24. The zero-order valence-electron chi connectivity index (χ0n) is 22.7. The van der Waals surface area contributed by atoms with E-state index in [4.69, 9.17) is 11.2 Å². The maximum atomic E-state index is 14.0. The van der Waals surface area contributed by atoms with E-state index in [0.29, 0.717) is 23.2 Å². The first kappa shape index (κ1) is 29.6. The molecule has 0 aliphatic rings. The van der Waals surface area contributed by atoms with Crippen LogP contribution in [0.15, 0.2) is 66.7 Å². The Balaban J connectivity index is 2.01. The second kappa shape index (κ2) is 13.2. The van der Waals surface area contributed by atoms with Gasteiger partial charge in [0.2, 0.25) is 5.91 Å². The fraction of sp³-hybridized carbons (Fsp3) is 0.323. The largest absolute Gasteiger partial charge is 0.444 e.